The number of dihydropyridines is 1. The van der Waals surface area contributed by atoms with Gasteiger partial charge in [-0.05, 0) is 54.7 Å². The zero-order chi connectivity index (χ0) is 25.2. The van der Waals surface area contributed by atoms with Crippen LogP contribution in [-0.4, -0.2) is 18.8 Å². The summed E-state index contributed by atoms with van der Waals surface area (Å²) in [5.74, 6) is -0.906. The molecule has 2 atom stereocenters. The predicted molar refractivity (Wildman–Crippen MR) is 137 cm³/mol. The zero-order valence-electron chi connectivity index (χ0n) is 20.2. The van der Waals surface area contributed by atoms with Gasteiger partial charge in [-0.3, -0.25) is 9.59 Å². The number of nitrogens with one attached hydrogen (secondary N) is 2. The second-order valence-corrected chi connectivity index (χ2v) is 9.14. The monoisotopic (exact) mass is 482 g/mol. The lowest BCUT2D eigenvalue weighted by Crippen LogP contribution is -2.37. The van der Waals surface area contributed by atoms with Crippen molar-refractivity contribution in [1.82, 2.24) is 5.32 Å². The second-order valence-electron chi connectivity index (χ2n) is 9.14. The maximum absolute atomic E-state index is 14.3. The smallest absolute Gasteiger partial charge is 0.254 e. The Morgan fingerprint density at radius 2 is 1.69 bits per heavy atom. The third-order valence-electron chi connectivity index (χ3n) is 6.89. The summed E-state index contributed by atoms with van der Waals surface area (Å²) in [6.45, 7) is 1.82. The number of ketones is 1. The van der Waals surface area contributed by atoms with Crippen molar-refractivity contribution in [3.63, 3.8) is 0 Å². The molecule has 1 amide bonds. The number of allylic oxidation sites excluding steroid dienone is 3. The number of halogens is 1. The molecule has 0 fully saturated rings. The SMILES string of the molecule is COc1cccc([C@H]2C(C(=O)Nc3ccccc3F)=C(C)NC3=C2C(=O)C[C@@H](c2ccccc2)C3)c1. The lowest BCUT2D eigenvalue weighted by Gasteiger charge is -2.37. The van der Waals surface area contributed by atoms with Gasteiger partial charge in [0.1, 0.15) is 11.6 Å². The molecule has 0 radical (unpaired) electrons. The van der Waals surface area contributed by atoms with Crippen molar-refractivity contribution in [3.05, 3.63) is 118 Å². The molecule has 5 nitrogen and oxygen atoms in total. The van der Waals surface area contributed by atoms with Gasteiger partial charge in [-0.15, -0.1) is 0 Å². The minimum absolute atomic E-state index is 0.00545. The first-order chi connectivity index (χ1) is 17.5. The highest BCUT2D eigenvalue weighted by Crippen LogP contribution is 2.46. The van der Waals surface area contributed by atoms with Crippen LogP contribution < -0.4 is 15.4 Å². The standard InChI is InChI=1S/C30H27FN2O3/c1-18-27(30(35)33-24-14-7-6-13-23(24)31)28(20-11-8-12-22(15-20)36-2)29-25(32-18)16-21(17-26(29)34)19-9-4-3-5-10-19/h3-15,21,28,32H,16-17H2,1-2H3,(H,33,35)/t21-,28-/m0/s1. The molecule has 0 spiro atoms. The van der Waals surface area contributed by atoms with Crippen molar-refractivity contribution in [3.8, 4) is 5.75 Å². The Morgan fingerprint density at radius 3 is 2.44 bits per heavy atom. The summed E-state index contributed by atoms with van der Waals surface area (Å²) in [6, 6.07) is 23.5. The van der Waals surface area contributed by atoms with E-state index in [0.29, 0.717) is 35.4 Å². The van der Waals surface area contributed by atoms with E-state index in [4.69, 9.17) is 4.74 Å². The number of carbonyl (C=O) groups excluding carboxylic acids is 2. The topological polar surface area (TPSA) is 67.4 Å². The molecule has 0 aromatic heterocycles. The van der Waals surface area contributed by atoms with Gasteiger partial charge >= 0.3 is 0 Å². The molecular weight excluding hydrogens is 455 g/mol. The van der Waals surface area contributed by atoms with Crippen LogP contribution in [0, 0.1) is 5.82 Å². The molecule has 1 heterocycles. The molecule has 0 bridgehead atoms. The number of anilines is 1. The third kappa shape index (κ3) is 4.42. The van der Waals surface area contributed by atoms with Crippen molar-refractivity contribution in [2.75, 3.05) is 12.4 Å². The molecule has 0 saturated heterocycles. The van der Waals surface area contributed by atoms with E-state index in [1.807, 2.05) is 61.5 Å². The van der Waals surface area contributed by atoms with Crippen LogP contribution in [0.15, 0.2) is 101 Å². The number of amides is 1. The van der Waals surface area contributed by atoms with Gasteiger partial charge in [0.05, 0.1) is 12.8 Å². The van der Waals surface area contributed by atoms with Gasteiger partial charge in [-0.25, -0.2) is 4.39 Å². The van der Waals surface area contributed by atoms with Gasteiger partial charge in [0.25, 0.3) is 5.91 Å². The van der Waals surface area contributed by atoms with Crippen LogP contribution in [0.25, 0.3) is 0 Å². The maximum atomic E-state index is 14.3. The van der Waals surface area contributed by atoms with Crippen LogP contribution in [0.1, 0.15) is 42.7 Å². The molecule has 36 heavy (non-hydrogen) atoms. The molecule has 5 rings (SSSR count). The van der Waals surface area contributed by atoms with Crippen LogP contribution in [0.3, 0.4) is 0 Å². The number of carbonyl (C=O) groups is 2. The quantitative estimate of drug-likeness (QED) is 0.480. The van der Waals surface area contributed by atoms with Crippen molar-refractivity contribution in [2.45, 2.75) is 31.6 Å². The van der Waals surface area contributed by atoms with Crippen LogP contribution in [0.2, 0.25) is 0 Å². The van der Waals surface area contributed by atoms with Gasteiger partial charge in [-0.2, -0.15) is 0 Å². The Morgan fingerprint density at radius 1 is 0.972 bits per heavy atom. The van der Waals surface area contributed by atoms with Crippen LogP contribution >= 0.6 is 0 Å². The van der Waals surface area contributed by atoms with E-state index in [1.165, 1.54) is 12.1 Å². The number of ether oxygens (including phenoxy) is 1. The highest BCUT2D eigenvalue weighted by molar-refractivity contribution is 6.10. The first-order valence-electron chi connectivity index (χ1n) is 11.9. The molecule has 6 heteroatoms. The van der Waals surface area contributed by atoms with Crippen LogP contribution in [0.4, 0.5) is 10.1 Å². The van der Waals surface area contributed by atoms with Crippen molar-refractivity contribution >= 4 is 17.4 Å². The van der Waals surface area contributed by atoms with Gasteiger partial charge in [0, 0.05) is 34.9 Å². The largest absolute Gasteiger partial charge is 0.497 e. The number of hydrogen-bond donors (Lipinski definition) is 2. The Kier molecular flexibility index (Phi) is 6.42. The summed E-state index contributed by atoms with van der Waals surface area (Å²) in [7, 11) is 1.58. The summed E-state index contributed by atoms with van der Waals surface area (Å²) in [5, 5.41) is 6.07. The minimum atomic E-state index is -0.604. The molecule has 0 saturated carbocycles. The van der Waals surface area contributed by atoms with E-state index in [-0.39, 0.29) is 17.4 Å². The molecule has 2 aliphatic rings. The lowest BCUT2D eigenvalue weighted by atomic mass is 9.71. The molecule has 0 unspecified atom stereocenters. The van der Waals surface area contributed by atoms with Gasteiger partial charge in [0.15, 0.2) is 5.78 Å². The maximum Gasteiger partial charge on any atom is 0.254 e. The number of Topliss-reactive ketones (excluding diaryl/α,β-unsaturated/α-hetero) is 1. The van der Waals surface area contributed by atoms with E-state index in [1.54, 1.807) is 19.2 Å². The Bertz CT molecular complexity index is 1390. The van der Waals surface area contributed by atoms with Gasteiger partial charge in [0.2, 0.25) is 0 Å². The predicted octanol–water partition coefficient (Wildman–Crippen LogP) is 5.83. The molecule has 1 aliphatic carbocycles. The lowest BCUT2D eigenvalue weighted by molar-refractivity contribution is -0.116. The van der Waals surface area contributed by atoms with E-state index >= 15 is 0 Å². The highest BCUT2D eigenvalue weighted by Gasteiger charge is 2.41. The van der Waals surface area contributed by atoms with E-state index in [0.717, 1.165) is 16.8 Å². The first-order valence-corrected chi connectivity index (χ1v) is 11.9. The first kappa shape index (κ1) is 23.5. The summed E-state index contributed by atoms with van der Waals surface area (Å²) in [4.78, 5) is 27.3. The van der Waals surface area contributed by atoms with E-state index in [2.05, 4.69) is 10.6 Å². The van der Waals surface area contributed by atoms with Crippen LogP contribution in [0.5, 0.6) is 5.75 Å². The average molecular weight is 483 g/mol. The Labute approximate surface area is 209 Å². The number of rotatable bonds is 5. The van der Waals surface area contributed by atoms with Gasteiger partial charge in [-0.1, -0.05) is 54.6 Å². The molecule has 1 aliphatic heterocycles. The Hall–Kier alpha value is -4.19. The molecule has 3 aromatic rings. The number of hydrogen-bond acceptors (Lipinski definition) is 4. The average Bonchev–Trinajstić information content (AvgIpc) is 2.89. The fraction of sp³-hybridized carbons (Fsp3) is 0.200. The normalized spacial score (nSPS) is 19.5. The summed E-state index contributed by atoms with van der Waals surface area (Å²) < 4.78 is 19.8. The van der Waals surface area contributed by atoms with Crippen molar-refractivity contribution in [2.24, 2.45) is 0 Å². The molecule has 2 N–H and O–H groups in total. The minimum Gasteiger partial charge on any atom is -0.497 e. The van der Waals surface area contributed by atoms with Crippen LogP contribution in [-0.2, 0) is 9.59 Å². The fourth-order valence-corrected chi connectivity index (χ4v) is 5.21. The fourth-order valence-electron chi connectivity index (χ4n) is 5.21. The number of para-hydroxylation sites is 1. The third-order valence-corrected chi connectivity index (χ3v) is 6.89. The zero-order valence-corrected chi connectivity index (χ0v) is 20.2. The molecule has 182 valence electrons. The van der Waals surface area contributed by atoms with Gasteiger partial charge < -0.3 is 15.4 Å². The van der Waals surface area contributed by atoms with E-state index < -0.39 is 17.6 Å². The summed E-state index contributed by atoms with van der Waals surface area (Å²) in [6.07, 6.45) is 1.01. The Balaban J connectivity index is 1.59. The molecular formula is C30H27FN2O3. The number of methoxy groups -OCH3 is 1. The summed E-state index contributed by atoms with van der Waals surface area (Å²) in [5.41, 5.74) is 4.40. The number of benzene rings is 3. The second kappa shape index (κ2) is 9.82. The molecule has 3 aromatic carbocycles. The summed E-state index contributed by atoms with van der Waals surface area (Å²) >= 11 is 0. The van der Waals surface area contributed by atoms with Crippen molar-refractivity contribution in [1.29, 1.82) is 0 Å². The highest BCUT2D eigenvalue weighted by atomic mass is 19.1. The van der Waals surface area contributed by atoms with E-state index in [9.17, 15) is 14.0 Å². The van der Waals surface area contributed by atoms with Crippen molar-refractivity contribution < 1.29 is 18.7 Å².